The molecule has 0 saturated carbocycles. The first-order valence-electron chi connectivity index (χ1n) is 10.0. The van der Waals surface area contributed by atoms with Gasteiger partial charge in [0.1, 0.15) is 6.54 Å². The number of nitrogens with zero attached hydrogens (tertiary/aromatic N) is 2. The quantitative estimate of drug-likeness (QED) is 0.376. The molecule has 0 atom stereocenters. The fraction of sp³-hybridized carbons (Fsp3) is 0.429. The van der Waals surface area contributed by atoms with Crippen molar-refractivity contribution in [2.75, 3.05) is 40.0 Å². The highest BCUT2D eigenvalue weighted by Crippen LogP contribution is 2.38. The number of hydrogen-bond donors (Lipinski definition) is 0. The molecule has 1 aromatic carbocycles. The van der Waals surface area contributed by atoms with E-state index in [2.05, 4.69) is 15.9 Å². The van der Waals surface area contributed by atoms with E-state index in [-0.39, 0.29) is 30.6 Å². The Hall–Kier alpha value is -2.53. The molecule has 0 N–H and O–H groups in total. The van der Waals surface area contributed by atoms with Crippen molar-refractivity contribution < 1.29 is 33.4 Å². The average Bonchev–Trinajstić information content (AvgIpc) is 3.39. The maximum absolute atomic E-state index is 12.8. The van der Waals surface area contributed by atoms with Gasteiger partial charge in [0.25, 0.3) is 11.1 Å². The topological polar surface area (TPSA) is 102 Å². The minimum Gasteiger partial charge on any atom is -0.493 e. The van der Waals surface area contributed by atoms with Crippen molar-refractivity contribution in [1.82, 2.24) is 9.80 Å². The molecule has 9 nitrogen and oxygen atoms in total. The van der Waals surface area contributed by atoms with Crippen LogP contribution in [0.2, 0.25) is 0 Å². The van der Waals surface area contributed by atoms with E-state index in [9.17, 15) is 19.2 Å². The molecule has 3 rings (SSSR count). The van der Waals surface area contributed by atoms with Gasteiger partial charge in [0.15, 0.2) is 18.1 Å². The van der Waals surface area contributed by atoms with Crippen molar-refractivity contribution in [3.05, 3.63) is 27.1 Å². The Bertz CT molecular complexity index is 960. The minimum atomic E-state index is -0.513. The zero-order valence-corrected chi connectivity index (χ0v) is 20.1. The average molecular weight is 527 g/mol. The third-order valence-electron chi connectivity index (χ3n) is 4.85. The van der Waals surface area contributed by atoms with Crippen LogP contribution in [0.15, 0.2) is 21.5 Å². The molecular formula is C21H23BrN2O7S. The van der Waals surface area contributed by atoms with Crippen molar-refractivity contribution in [1.29, 1.82) is 0 Å². The maximum atomic E-state index is 12.8. The number of carbonyl (C=O) groups excluding carboxylic acids is 4. The molecule has 3 amide bonds. The highest BCUT2D eigenvalue weighted by atomic mass is 79.9. The fourth-order valence-electron chi connectivity index (χ4n) is 3.25. The summed E-state index contributed by atoms with van der Waals surface area (Å²) in [6.07, 6.45) is 3.42. The van der Waals surface area contributed by atoms with Crippen LogP contribution < -0.4 is 9.47 Å². The van der Waals surface area contributed by atoms with Crippen molar-refractivity contribution in [3.63, 3.8) is 0 Å². The van der Waals surface area contributed by atoms with E-state index in [4.69, 9.17) is 14.2 Å². The third-order valence-corrected chi connectivity index (χ3v) is 6.44. The zero-order chi connectivity index (χ0) is 23.3. The molecule has 11 heteroatoms. The van der Waals surface area contributed by atoms with Crippen molar-refractivity contribution in [3.8, 4) is 11.5 Å². The van der Waals surface area contributed by atoms with Crippen LogP contribution in [0.1, 0.15) is 25.3 Å². The number of imide groups is 1. The van der Waals surface area contributed by atoms with Gasteiger partial charge in [0.05, 0.1) is 18.6 Å². The summed E-state index contributed by atoms with van der Waals surface area (Å²) >= 11 is 4.20. The van der Waals surface area contributed by atoms with Crippen LogP contribution in [0, 0.1) is 0 Å². The normalized spacial score (nSPS) is 17.3. The number of thioether (sulfide) groups is 1. The number of likely N-dealkylation sites (tertiary alicyclic amines) is 1. The lowest BCUT2D eigenvalue weighted by molar-refractivity contribution is -0.145. The van der Waals surface area contributed by atoms with E-state index in [1.807, 2.05) is 0 Å². The van der Waals surface area contributed by atoms with Gasteiger partial charge in [0.2, 0.25) is 5.91 Å². The van der Waals surface area contributed by atoms with Gasteiger partial charge in [-0.05, 0) is 55.3 Å². The molecule has 32 heavy (non-hydrogen) atoms. The monoisotopic (exact) mass is 526 g/mol. The fourth-order valence-corrected chi connectivity index (χ4v) is 4.52. The van der Waals surface area contributed by atoms with Crippen LogP contribution in [0.25, 0.3) is 6.08 Å². The SMILES string of the molecule is CCOC(=O)COc1cc(Br)c(/C=C2/SC(=O)N(CC(=O)N3CCCC3)C2=O)cc1OC. The number of ether oxygens (including phenoxy) is 3. The Morgan fingerprint density at radius 2 is 1.91 bits per heavy atom. The lowest BCUT2D eigenvalue weighted by Gasteiger charge is -2.18. The van der Waals surface area contributed by atoms with Gasteiger partial charge < -0.3 is 19.1 Å². The number of benzene rings is 1. The second-order valence-electron chi connectivity index (χ2n) is 6.97. The van der Waals surface area contributed by atoms with Gasteiger partial charge in [-0.25, -0.2) is 4.79 Å². The first-order valence-corrected chi connectivity index (χ1v) is 11.6. The van der Waals surface area contributed by atoms with E-state index in [1.165, 1.54) is 7.11 Å². The molecule has 0 radical (unpaired) electrons. The molecule has 0 spiro atoms. The summed E-state index contributed by atoms with van der Waals surface area (Å²) < 4.78 is 16.2. The second-order valence-corrected chi connectivity index (χ2v) is 8.82. The summed E-state index contributed by atoms with van der Waals surface area (Å²) in [6, 6.07) is 3.22. The minimum absolute atomic E-state index is 0.201. The van der Waals surface area contributed by atoms with Gasteiger partial charge in [-0.15, -0.1) is 0 Å². The van der Waals surface area contributed by atoms with Gasteiger partial charge in [-0.2, -0.15) is 0 Å². The summed E-state index contributed by atoms with van der Waals surface area (Å²) in [7, 11) is 1.45. The summed E-state index contributed by atoms with van der Waals surface area (Å²) in [6.45, 7) is 2.73. The predicted molar refractivity (Wildman–Crippen MR) is 121 cm³/mol. The first-order chi connectivity index (χ1) is 15.3. The van der Waals surface area contributed by atoms with E-state index in [0.29, 0.717) is 34.6 Å². The van der Waals surface area contributed by atoms with Crippen LogP contribution >= 0.6 is 27.7 Å². The second kappa shape index (κ2) is 10.9. The van der Waals surface area contributed by atoms with E-state index < -0.39 is 17.1 Å². The summed E-state index contributed by atoms with van der Waals surface area (Å²) in [5.74, 6) is -0.592. The Kier molecular flexibility index (Phi) is 8.19. The van der Waals surface area contributed by atoms with Crippen molar-refractivity contribution in [2.45, 2.75) is 19.8 Å². The Balaban J connectivity index is 1.75. The van der Waals surface area contributed by atoms with Crippen LogP contribution in [0.5, 0.6) is 11.5 Å². The number of amides is 3. The van der Waals surface area contributed by atoms with E-state index >= 15 is 0 Å². The van der Waals surface area contributed by atoms with E-state index in [1.54, 1.807) is 30.0 Å². The molecule has 0 aromatic heterocycles. The van der Waals surface area contributed by atoms with E-state index in [0.717, 1.165) is 29.5 Å². The molecule has 0 bridgehead atoms. The molecule has 2 aliphatic heterocycles. The zero-order valence-electron chi connectivity index (χ0n) is 17.7. The molecule has 2 aliphatic rings. The number of halogens is 1. The summed E-state index contributed by atoms with van der Waals surface area (Å²) in [5.41, 5.74) is 0.571. The molecule has 0 unspecified atom stereocenters. The summed E-state index contributed by atoms with van der Waals surface area (Å²) in [5, 5.41) is -0.480. The van der Waals surface area contributed by atoms with Crippen molar-refractivity contribution >= 4 is 56.8 Å². The van der Waals surface area contributed by atoms with Gasteiger partial charge >= 0.3 is 5.97 Å². The number of carbonyl (C=O) groups is 4. The Morgan fingerprint density at radius 1 is 1.19 bits per heavy atom. The molecule has 2 heterocycles. The first kappa shape index (κ1) is 24.1. The number of hydrogen-bond acceptors (Lipinski definition) is 8. The highest BCUT2D eigenvalue weighted by Gasteiger charge is 2.37. The number of esters is 1. The largest absolute Gasteiger partial charge is 0.493 e. The number of methoxy groups -OCH3 is 1. The lowest BCUT2D eigenvalue weighted by Crippen LogP contribution is -2.40. The Morgan fingerprint density at radius 3 is 2.56 bits per heavy atom. The molecule has 2 fully saturated rings. The van der Waals surface area contributed by atoms with Gasteiger partial charge in [-0.3, -0.25) is 19.3 Å². The smallest absolute Gasteiger partial charge is 0.344 e. The predicted octanol–water partition coefficient (Wildman–Crippen LogP) is 3.06. The highest BCUT2D eigenvalue weighted by molar-refractivity contribution is 9.10. The molecule has 0 aliphatic carbocycles. The Labute approximate surface area is 198 Å². The standard InChI is InChI=1S/C21H23BrN2O7S/c1-3-30-19(26)12-31-16-10-14(22)13(8-15(16)29-2)9-17-20(27)24(21(28)32-17)11-18(25)23-6-4-5-7-23/h8-10H,3-7,11-12H2,1-2H3/b17-9+. The van der Waals surface area contributed by atoms with Gasteiger partial charge in [0, 0.05) is 17.6 Å². The molecular weight excluding hydrogens is 504 g/mol. The van der Waals surface area contributed by atoms with Crippen LogP contribution in [-0.4, -0.2) is 72.8 Å². The molecule has 1 aromatic rings. The van der Waals surface area contributed by atoms with Crippen LogP contribution in [-0.2, 0) is 19.1 Å². The molecule has 2 saturated heterocycles. The lowest BCUT2D eigenvalue weighted by atomic mass is 10.2. The van der Waals surface area contributed by atoms with Crippen LogP contribution in [0.3, 0.4) is 0 Å². The van der Waals surface area contributed by atoms with Gasteiger partial charge in [-0.1, -0.05) is 15.9 Å². The summed E-state index contributed by atoms with van der Waals surface area (Å²) in [4.78, 5) is 51.9. The maximum Gasteiger partial charge on any atom is 0.344 e. The molecule has 172 valence electrons. The van der Waals surface area contributed by atoms with Crippen LogP contribution in [0.4, 0.5) is 4.79 Å². The van der Waals surface area contributed by atoms with Crippen molar-refractivity contribution in [2.24, 2.45) is 0 Å². The third kappa shape index (κ3) is 5.63. The number of rotatable bonds is 8.